The van der Waals surface area contributed by atoms with Crippen LogP contribution >= 0.6 is 27.5 Å². The largest absolute Gasteiger partial charge is 0.503 e. The summed E-state index contributed by atoms with van der Waals surface area (Å²) >= 11 is 9.88. The molecule has 2 aliphatic carbocycles. The Morgan fingerprint density at radius 3 is 2.26 bits per heavy atom. The highest BCUT2D eigenvalue weighted by atomic mass is 79.9. The number of fused-ring (bicyclic) bond motifs is 4. The monoisotopic (exact) mass is 854 g/mol. The molecule has 4 aromatic rings. The molecule has 292 valence electrons. The van der Waals surface area contributed by atoms with Crippen LogP contribution in [0.3, 0.4) is 0 Å². The lowest BCUT2D eigenvalue weighted by Crippen LogP contribution is -2.53. The number of aromatic hydroxyl groups is 1. The SMILES string of the molecule is COc1cc(C2C3=CCC4C(=O)N(c5ccc(N6CCOCC6)cc5)C(=O)C4C3CC3C(=O)N(Nc4ccc(F)cc4)C(=O)C32c2ccc(Cl)cc2)cc(Br)c1O. The minimum absolute atomic E-state index is 0.0809. The summed E-state index contributed by atoms with van der Waals surface area (Å²) < 4.78 is 25.3. The molecule has 9 rings (SSSR count). The van der Waals surface area contributed by atoms with E-state index in [0.717, 1.165) is 29.4 Å². The van der Waals surface area contributed by atoms with Gasteiger partial charge in [-0.15, -0.1) is 0 Å². The van der Waals surface area contributed by atoms with Crippen molar-refractivity contribution >= 4 is 68.2 Å². The van der Waals surface area contributed by atoms with E-state index >= 15 is 4.79 Å². The van der Waals surface area contributed by atoms with Crippen molar-refractivity contribution < 1.29 is 38.1 Å². The maximum Gasteiger partial charge on any atom is 0.260 e. The van der Waals surface area contributed by atoms with E-state index in [9.17, 15) is 23.9 Å². The number of phenols is 1. The highest BCUT2D eigenvalue weighted by Crippen LogP contribution is 2.65. The van der Waals surface area contributed by atoms with Gasteiger partial charge in [-0.2, -0.15) is 5.01 Å². The lowest BCUT2D eigenvalue weighted by Gasteiger charge is -2.50. The van der Waals surface area contributed by atoms with Gasteiger partial charge in [0, 0.05) is 29.7 Å². The number of anilines is 3. The van der Waals surface area contributed by atoms with Crippen LogP contribution in [0.25, 0.3) is 0 Å². The first-order valence-electron chi connectivity index (χ1n) is 18.8. The second kappa shape index (κ2) is 14.3. The number of imide groups is 2. The third-order valence-electron chi connectivity index (χ3n) is 12.3. The summed E-state index contributed by atoms with van der Waals surface area (Å²) in [6.45, 7) is 2.72. The van der Waals surface area contributed by atoms with E-state index in [1.807, 2.05) is 18.2 Å². The van der Waals surface area contributed by atoms with Crippen molar-refractivity contribution in [2.75, 3.05) is 48.6 Å². The van der Waals surface area contributed by atoms with E-state index < -0.39 is 52.6 Å². The van der Waals surface area contributed by atoms with Gasteiger partial charge in [-0.25, -0.2) is 4.39 Å². The zero-order chi connectivity index (χ0) is 39.7. The van der Waals surface area contributed by atoms with Crippen LogP contribution < -0.4 is 20.0 Å². The Hall–Kier alpha value is -5.24. The van der Waals surface area contributed by atoms with Crippen molar-refractivity contribution in [1.29, 1.82) is 0 Å². The predicted molar refractivity (Wildman–Crippen MR) is 213 cm³/mol. The number of nitrogens with one attached hydrogen (secondary N) is 1. The summed E-state index contributed by atoms with van der Waals surface area (Å²) in [4.78, 5) is 62.8. The molecule has 11 nitrogen and oxygen atoms in total. The molecule has 3 saturated heterocycles. The standard InChI is InChI=1S/C43H37BrClFN4O7/c1-56-35-21-23(20-34(44)38(35)51)37-30-14-15-31-36(41(54)49(39(31)52)29-12-10-28(11-13-29)48-16-18-57-19-17-48)32(30)22-33-40(53)50(47-27-8-6-26(46)7-9-27)42(55)43(33,37)24-2-4-25(45)5-3-24/h2-14,20-21,31-33,36-37,47,51H,15-19,22H2,1H3. The van der Waals surface area contributed by atoms with E-state index in [4.69, 9.17) is 21.1 Å². The molecule has 6 atom stereocenters. The molecule has 0 radical (unpaired) electrons. The topological polar surface area (TPSA) is 129 Å². The van der Waals surface area contributed by atoms with Crippen LogP contribution in [0.5, 0.6) is 11.5 Å². The fourth-order valence-corrected chi connectivity index (χ4v) is 10.4. The molecule has 14 heteroatoms. The normalized spacial score (nSPS) is 26.9. The summed E-state index contributed by atoms with van der Waals surface area (Å²) in [5.74, 6) is -6.30. The number of carbonyl (C=O) groups excluding carboxylic acids is 4. The average Bonchev–Trinajstić information content (AvgIpc) is 3.60. The van der Waals surface area contributed by atoms with E-state index in [0.29, 0.717) is 45.2 Å². The highest BCUT2D eigenvalue weighted by molar-refractivity contribution is 9.10. The maximum atomic E-state index is 15.4. The molecule has 3 aliphatic heterocycles. The first-order valence-corrected chi connectivity index (χ1v) is 19.9. The molecule has 4 fully saturated rings. The van der Waals surface area contributed by atoms with Gasteiger partial charge < -0.3 is 19.5 Å². The van der Waals surface area contributed by atoms with E-state index in [1.54, 1.807) is 48.5 Å². The van der Waals surface area contributed by atoms with E-state index in [-0.39, 0.29) is 36.2 Å². The second-order valence-corrected chi connectivity index (χ2v) is 16.3. The zero-order valence-electron chi connectivity index (χ0n) is 30.7. The predicted octanol–water partition coefficient (Wildman–Crippen LogP) is 6.98. The van der Waals surface area contributed by atoms with Gasteiger partial charge in [0.1, 0.15) is 5.82 Å². The minimum Gasteiger partial charge on any atom is -0.503 e. The molecule has 6 unspecified atom stereocenters. The molecule has 0 bridgehead atoms. The Balaban J connectivity index is 1.18. The van der Waals surface area contributed by atoms with Crippen LogP contribution in [0.4, 0.5) is 21.5 Å². The average molecular weight is 856 g/mol. The molecule has 0 aromatic heterocycles. The fourth-order valence-electron chi connectivity index (χ4n) is 9.83. The summed E-state index contributed by atoms with van der Waals surface area (Å²) in [6.07, 6.45) is 2.27. The number of amides is 4. The molecule has 4 amide bonds. The molecule has 4 aromatic carbocycles. The molecule has 1 saturated carbocycles. The van der Waals surface area contributed by atoms with Gasteiger partial charge in [0.15, 0.2) is 11.5 Å². The molecule has 2 N–H and O–H groups in total. The number of hydrazine groups is 1. The first kappa shape index (κ1) is 37.3. The smallest absolute Gasteiger partial charge is 0.260 e. The Kier molecular flexibility index (Phi) is 9.37. The van der Waals surface area contributed by atoms with Crippen LogP contribution in [0.15, 0.2) is 101 Å². The van der Waals surface area contributed by atoms with Gasteiger partial charge >= 0.3 is 0 Å². The van der Waals surface area contributed by atoms with E-state index in [1.165, 1.54) is 36.3 Å². The second-order valence-electron chi connectivity index (χ2n) is 15.1. The Morgan fingerprint density at radius 2 is 1.58 bits per heavy atom. The zero-order valence-corrected chi connectivity index (χ0v) is 33.0. The van der Waals surface area contributed by atoms with Crippen molar-refractivity contribution in [1.82, 2.24) is 5.01 Å². The molecule has 0 spiro atoms. The summed E-state index contributed by atoms with van der Waals surface area (Å²) in [6, 6.07) is 22.9. The van der Waals surface area contributed by atoms with Crippen molar-refractivity contribution in [2.45, 2.75) is 24.2 Å². The van der Waals surface area contributed by atoms with Crippen molar-refractivity contribution in [3.05, 3.63) is 123 Å². The lowest BCUT2D eigenvalue weighted by molar-refractivity contribution is -0.138. The number of hydrogen-bond donors (Lipinski definition) is 2. The summed E-state index contributed by atoms with van der Waals surface area (Å²) in [7, 11) is 1.42. The Labute approximate surface area is 341 Å². The number of methoxy groups -OCH3 is 1. The lowest BCUT2D eigenvalue weighted by atomic mass is 9.49. The van der Waals surface area contributed by atoms with Crippen molar-refractivity contribution in [2.24, 2.45) is 23.7 Å². The highest BCUT2D eigenvalue weighted by Gasteiger charge is 2.70. The number of nitrogens with zero attached hydrogens (tertiary/aromatic N) is 3. The summed E-state index contributed by atoms with van der Waals surface area (Å²) in [5, 5.41) is 12.3. The third-order valence-corrected chi connectivity index (χ3v) is 13.2. The Morgan fingerprint density at radius 1 is 0.895 bits per heavy atom. The van der Waals surface area contributed by atoms with Crippen LogP contribution in [0, 0.1) is 29.5 Å². The molecule has 5 aliphatic rings. The molecular weight excluding hydrogens is 819 g/mol. The number of hydrogen-bond acceptors (Lipinski definition) is 9. The van der Waals surface area contributed by atoms with Gasteiger partial charge in [-0.3, -0.25) is 29.5 Å². The number of morpholine rings is 1. The van der Waals surface area contributed by atoms with Crippen LogP contribution in [0.1, 0.15) is 29.9 Å². The minimum atomic E-state index is -1.59. The molecular formula is C43H37BrClFN4O7. The van der Waals surface area contributed by atoms with Gasteiger partial charge in [-0.1, -0.05) is 35.4 Å². The quantitative estimate of drug-likeness (QED) is 0.150. The number of allylic oxidation sites excluding steroid dienone is 2. The number of halogens is 3. The van der Waals surface area contributed by atoms with Gasteiger partial charge in [0.25, 0.3) is 11.8 Å². The number of ether oxygens (including phenoxy) is 2. The van der Waals surface area contributed by atoms with Gasteiger partial charge in [-0.05, 0) is 119 Å². The number of benzene rings is 4. The van der Waals surface area contributed by atoms with Crippen LogP contribution in [-0.2, 0) is 29.3 Å². The van der Waals surface area contributed by atoms with Gasteiger partial charge in [0.05, 0.1) is 59.3 Å². The van der Waals surface area contributed by atoms with Crippen LogP contribution in [0.2, 0.25) is 5.02 Å². The third kappa shape index (κ3) is 5.84. The fraction of sp³-hybridized carbons (Fsp3) is 0.302. The van der Waals surface area contributed by atoms with Crippen molar-refractivity contribution in [3.8, 4) is 11.5 Å². The first-order chi connectivity index (χ1) is 27.5. The summed E-state index contributed by atoms with van der Waals surface area (Å²) in [5.41, 5.74) is 4.91. The van der Waals surface area contributed by atoms with Gasteiger partial charge in [0.2, 0.25) is 11.8 Å². The van der Waals surface area contributed by atoms with Crippen LogP contribution in [-0.4, -0.2) is 67.2 Å². The maximum absolute atomic E-state index is 15.4. The molecule has 3 heterocycles. The number of phenolic OH excluding ortho intramolecular Hbond substituents is 1. The van der Waals surface area contributed by atoms with E-state index in [2.05, 4.69) is 26.3 Å². The molecule has 57 heavy (non-hydrogen) atoms. The van der Waals surface area contributed by atoms with Crippen molar-refractivity contribution in [3.63, 3.8) is 0 Å². The Bertz CT molecular complexity index is 2340. The number of rotatable bonds is 7. The number of carbonyl (C=O) groups is 4.